The fourth-order valence-corrected chi connectivity index (χ4v) is 5.39. The van der Waals surface area contributed by atoms with E-state index in [-0.39, 0.29) is 28.9 Å². The van der Waals surface area contributed by atoms with E-state index in [1.54, 1.807) is 23.5 Å². The maximum Gasteiger partial charge on any atom is 0.143 e. The van der Waals surface area contributed by atoms with Crippen molar-refractivity contribution in [3.05, 3.63) is 75.5 Å². The van der Waals surface area contributed by atoms with Gasteiger partial charge < -0.3 is 5.32 Å². The molecule has 2 aliphatic rings. The summed E-state index contributed by atoms with van der Waals surface area (Å²) in [6.07, 6.45) is 2.72. The zero-order chi connectivity index (χ0) is 20.3. The first-order valence-electron chi connectivity index (χ1n) is 9.74. The summed E-state index contributed by atoms with van der Waals surface area (Å²) in [6, 6.07) is 8.42. The number of hydrogen-bond acceptors (Lipinski definition) is 4. The third kappa shape index (κ3) is 2.94. The van der Waals surface area contributed by atoms with Gasteiger partial charge >= 0.3 is 0 Å². The molecule has 0 spiro atoms. The zero-order valence-electron chi connectivity index (χ0n) is 16.6. The number of hydrogen-bond donors (Lipinski definition) is 1. The van der Waals surface area contributed by atoms with Crippen LogP contribution in [0.15, 0.2) is 52.9 Å². The van der Waals surface area contributed by atoms with Crippen LogP contribution in [0, 0.1) is 24.1 Å². The Hall–Kier alpha value is -2.73. The predicted octanol–water partition coefficient (Wildman–Crippen LogP) is 5.44. The van der Waals surface area contributed by atoms with Gasteiger partial charge in [-0.1, -0.05) is 19.9 Å². The molecule has 0 fully saturated rings. The van der Waals surface area contributed by atoms with Gasteiger partial charge in [0.15, 0.2) is 0 Å². The fourth-order valence-electron chi connectivity index (χ4n) is 4.69. The van der Waals surface area contributed by atoms with E-state index in [4.69, 9.17) is 5.10 Å². The quantitative estimate of drug-likeness (QED) is 0.615. The summed E-state index contributed by atoms with van der Waals surface area (Å²) >= 11 is 1.64. The maximum atomic E-state index is 13.5. The molecule has 2 aromatic heterocycles. The van der Waals surface area contributed by atoms with E-state index >= 15 is 0 Å². The minimum absolute atomic E-state index is 0.0680. The van der Waals surface area contributed by atoms with Crippen LogP contribution in [0.3, 0.4) is 0 Å². The van der Waals surface area contributed by atoms with Gasteiger partial charge in [0, 0.05) is 23.6 Å². The number of halogens is 1. The van der Waals surface area contributed by atoms with E-state index in [0.29, 0.717) is 6.42 Å². The summed E-state index contributed by atoms with van der Waals surface area (Å²) < 4.78 is 15.3. The average Bonchev–Trinajstić information content (AvgIpc) is 3.28. The van der Waals surface area contributed by atoms with Crippen molar-refractivity contribution in [2.24, 2.45) is 11.3 Å². The maximum absolute atomic E-state index is 13.5. The molecule has 1 aliphatic heterocycles. The number of nitrogens with zero attached hydrogens (tertiary/aromatic N) is 2. The highest BCUT2D eigenvalue weighted by Crippen LogP contribution is 2.51. The van der Waals surface area contributed by atoms with Gasteiger partial charge in [0.2, 0.25) is 0 Å². The lowest BCUT2D eigenvalue weighted by atomic mass is 9.67. The average molecular weight is 408 g/mol. The van der Waals surface area contributed by atoms with E-state index < -0.39 is 0 Å². The lowest BCUT2D eigenvalue weighted by molar-refractivity contribution is -0.124. The Bertz CT molecular complexity index is 1130. The monoisotopic (exact) mass is 407 g/mol. The molecule has 6 heteroatoms. The van der Waals surface area contributed by atoms with Crippen molar-refractivity contribution in [1.29, 1.82) is 0 Å². The second kappa shape index (κ2) is 6.39. The standard InChI is InChI=1S/C23H22FN3OS/c1-13-19-20(14-8-9-29-12-14)21-17(10-23(2,3)11-18(21)28)25-22(19)27(26-13)16-6-4-15(24)5-7-16/h4-10,12,20-21,25H,11H2,1-3H3/t20-,21+/m0/s1. The van der Waals surface area contributed by atoms with Gasteiger partial charge in [-0.05, 0) is 59.0 Å². The predicted molar refractivity (Wildman–Crippen MR) is 113 cm³/mol. The first-order chi connectivity index (χ1) is 13.8. The summed E-state index contributed by atoms with van der Waals surface area (Å²) in [5, 5.41) is 12.5. The van der Waals surface area contributed by atoms with Crippen molar-refractivity contribution in [3.63, 3.8) is 0 Å². The Labute approximate surface area is 173 Å². The second-order valence-corrected chi connectivity index (χ2v) is 9.38. The molecule has 0 bridgehead atoms. The van der Waals surface area contributed by atoms with Crippen LogP contribution < -0.4 is 5.32 Å². The number of carbonyl (C=O) groups is 1. The van der Waals surface area contributed by atoms with Crippen LogP contribution >= 0.6 is 11.3 Å². The molecule has 0 unspecified atom stereocenters. The van der Waals surface area contributed by atoms with Crippen molar-refractivity contribution < 1.29 is 9.18 Å². The molecule has 0 radical (unpaired) electrons. The van der Waals surface area contributed by atoms with Crippen molar-refractivity contribution in [2.75, 3.05) is 5.32 Å². The number of aryl methyl sites for hydroxylation is 1. The van der Waals surface area contributed by atoms with Crippen molar-refractivity contribution in [1.82, 2.24) is 9.78 Å². The Kier molecular flexibility index (Phi) is 4.03. The number of benzene rings is 1. The first kappa shape index (κ1) is 18.3. The third-order valence-corrected chi connectivity index (χ3v) is 6.55. The van der Waals surface area contributed by atoms with Crippen LogP contribution in [0.2, 0.25) is 0 Å². The molecule has 3 heterocycles. The van der Waals surface area contributed by atoms with Gasteiger partial charge in [0.25, 0.3) is 0 Å². The highest BCUT2D eigenvalue weighted by atomic mass is 32.1. The van der Waals surface area contributed by atoms with E-state index in [1.807, 2.05) is 11.6 Å². The molecule has 0 amide bonds. The number of anilines is 1. The summed E-state index contributed by atoms with van der Waals surface area (Å²) in [5.74, 6) is 0.545. The van der Waals surface area contributed by atoms with Crippen LogP contribution in [-0.4, -0.2) is 15.6 Å². The molecule has 3 aromatic rings. The molecule has 29 heavy (non-hydrogen) atoms. The molecule has 148 valence electrons. The van der Waals surface area contributed by atoms with Crippen LogP contribution in [0.1, 0.15) is 43.0 Å². The van der Waals surface area contributed by atoms with Gasteiger partial charge in [-0.2, -0.15) is 16.4 Å². The Balaban J connectivity index is 1.75. The lowest BCUT2D eigenvalue weighted by Gasteiger charge is -2.40. The number of ketones is 1. The molecule has 1 aliphatic carbocycles. The number of Topliss-reactive ketones (excluding diaryl/α,β-unsaturated/α-hetero) is 1. The van der Waals surface area contributed by atoms with E-state index in [1.165, 1.54) is 12.1 Å². The highest BCUT2D eigenvalue weighted by molar-refractivity contribution is 7.08. The summed E-state index contributed by atoms with van der Waals surface area (Å²) in [5.41, 5.74) is 4.60. The van der Waals surface area contributed by atoms with Gasteiger partial charge in [0.05, 0.1) is 17.3 Å². The summed E-state index contributed by atoms with van der Waals surface area (Å²) in [6.45, 7) is 6.16. The topological polar surface area (TPSA) is 46.9 Å². The minimum atomic E-state index is -0.280. The number of allylic oxidation sites excluding steroid dienone is 2. The number of thiophene rings is 1. The molecule has 0 saturated heterocycles. The van der Waals surface area contributed by atoms with Crippen LogP contribution in [0.4, 0.5) is 10.2 Å². The van der Waals surface area contributed by atoms with Crippen LogP contribution in [0.5, 0.6) is 0 Å². The van der Waals surface area contributed by atoms with Gasteiger partial charge in [-0.15, -0.1) is 0 Å². The smallest absolute Gasteiger partial charge is 0.143 e. The second-order valence-electron chi connectivity index (χ2n) is 8.60. The van der Waals surface area contributed by atoms with Crippen LogP contribution in [-0.2, 0) is 4.79 Å². The van der Waals surface area contributed by atoms with Gasteiger partial charge in [-0.25, -0.2) is 9.07 Å². The highest BCUT2D eigenvalue weighted by Gasteiger charge is 2.46. The summed E-state index contributed by atoms with van der Waals surface area (Å²) in [4.78, 5) is 13.2. The largest absolute Gasteiger partial charge is 0.343 e. The molecule has 2 atom stereocenters. The van der Waals surface area contributed by atoms with Gasteiger partial charge in [0.1, 0.15) is 17.4 Å². The molecule has 1 aromatic carbocycles. The van der Waals surface area contributed by atoms with Crippen molar-refractivity contribution in [2.45, 2.75) is 33.1 Å². The molecule has 0 saturated carbocycles. The molecule has 5 rings (SSSR count). The Morgan fingerprint density at radius 2 is 1.97 bits per heavy atom. The van der Waals surface area contributed by atoms with Gasteiger partial charge in [-0.3, -0.25) is 4.79 Å². The van der Waals surface area contributed by atoms with Crippen molar-refractivity contribution >= 4 is 22.9 Å². The summed E-state index contributed by atoms with van der Waals surface area (Å²) in [7, 11) is 0. The molecule has 4 nitrogen and oxygen atoms in total. The van der Waals surface area contributed by atoms with Crippen LogP contribution in [0.25, 0.3) is 5.69 Å². The number of aromatic nitrogens is 2. The third-order valence-electron chi connectivity index (χ3n) is 5.85. The molecule has 1 N–H and O–H groups in total. The van der Waals surface area contributed by atoms with E-state index in [9.17, 15) is 9.18 Å². The fraction of sp³-hybridized carbons (Fsp3) is 0.304. The Morgan fingerprint density at radius 3 is 2.66 bits per heavy atom. The minimum Gasteiger partial charge on any atom is -0.343 e. The normalized spacial score (nSPS) is 22.5. The van der Waals surface area contributed by atoms with E-state index in [0.717, 1.165) is 34.0 Å². The van der Waals surface area contributed by atoms with Crippen molar-refractivity contribution in [3.8, 4) is 5.69 Å². The zero-order valence-corrected chi connectivity index (χ0v) is 17.4. The first-order valence-corrected chi connectivity index (χ1v) is 10.7. The number of rotatable bonds is 2. The number of nitrogens with one attached hydrogen (secondary N) is 1. The SMILES string of the molecule is Cc1nn(-c2ccc(F)cc2)c2c1[C@H](c1ccsc1)[C@H]1C(=O)CC(C)(C)C=C1N2. The lowest BCUT2D eigenvalue weighted by Crippen LogP contribution is -2.39. The van der Waals surface area contributed by atoms with E-state index in [2.05, 4.69) is 42.1 Å². The number of fused-ring (bicyclic) bond motifs is 2. The number of carbonyl (C=O) groups excluding carboxylic acids is 1. The molecular weight excluding hydrogens is 385 g/mol. The Morgan fingerprint density at radius 1 is 1.21 bits per heavy atom. The molecular formula is C23H22FN3OS.